The molecule has 2 unspecified atom stereocenters. The molecule has 0 amide bonds. The molecule has 1 saturated carbocycles. The predicted molar refractivity (Wildman–Crippen MR) is 104 cm³/mol. The summed E-state index contributed by atoms with van der Waals surface area (Å²) in [5.74, 6) is 4.31. The van der Waals surface area contributed by atoms with Gasteiger partial charge in [0, 0.05) is 32.8 Å². The minimum absolute atomic E-state index is 0.354. The summed E-state index contributed by atoms with van der Waals surface area (Å²) in [6, 6.07) is 6.34. The van der Waals surface area contributed by atoms with Crippen LogP contribution in [0.5, 0.6) is 11.5 Å². The molecule has 1 aromatic rings. The van der Waals surface area contributed by atoms with Gasteiger partial charge in [0.15, 0.2) is 11.5 Å². The second-order valence-electron chi connectivity index (χ2n) is 8.70. The van der Waals surface area contributed by atoms with E-state index in [4.69, 9.17) is 14.2 Å². The third kappa shape index (κ3) is 4.10. The van der Waals surface area contributed by atoms with Crippen molar-refractivity contribution >= 4 is 0 Å². The summed E-state index contributed by atoms with van der Waals surface area (Å²) in [5, 5.41) is 0. The van der Waals surface area contributed by atoms with Gasteiger partial charge in [0.05, 0.1) is 6.61 Å². The van der Waals surface area contributed by atoms with Crippen LogP contribution in [0.4, 0.5) is 0 Å². The van der Waals surface area contributed by atoms with Crippen LogP contribution in [-0.2, 0) is 11.3 Å². The van der Waals surface area contributed by atoms with Gasteiger partial charge in [-0.1, -0.05) is 12.5 Å². The zero-order valence-electron chi connectivity index (χ0n) is 16.3. The molecular weight excluding hydrogens is 340 g/mol. The summed E-state index contributed by atoms with van der Waals surface area (Å²) in [6.45, 7) is 9.56. The molecule has 0 aromatic heterocycles. The number of hydrogen-bond acceptors (Lipinski definition) is 5. The van der Waals surface area contributed by atoms with E-state index >= 15 is 0 Å². The molecule has 2 atom stereocenters. The zero-order chi connectivity index (χ0) is 18.1. The van der Waals surface area contributed by atoms with Crippen LogP contribution in [0.2, 0.25) is 0 Å². The summed E-state index contributed by atoms with van der Waals surface area (Å²) < 4.78 is 16.9. The molecule has 5 nitrogen and oxygen atoms in total. The highest BCUT2D eigenvalue weighted by atomic mass is 16.7. The van der Waals surface area contributed by atoms with Crippen molar-refractivity contribution in [2.75, 3.05) is 52.7 Å². The van der Waals surface area contributed by atoms with Gasteiger partial charge in [-0.15, -0.1) is 0 Å². The van der Waals surface area contributed by atoms with Gasteiger partial charge < -0.3 is 19.1 Å². The molecule has 1 aliphatic carbocycles. The Kier molecular flexibility index (Phi) is 5.25. The standard InChI is InChI=1S/C22H32N2O3/c1-2-7-23(8-3-1)9-4-10-25-15-20-18-13-24(14-19(18)20)12-17-5-6-21-22(11-17)27-16-26-21/h5-6,11,18-20H,1-4,7-10,12-16H2. The van der Waals surface area contributed by atoms with E-state index < -0.39 is 0 Å². The van der Waals surface area contributed by atoms with Crippen molar-refractivity contribution in [3.63, 3.8) is 0 Å². The molecular formula is C22H32N2O3. The maximum Gasteiger partial charge on any atom is 0.231 e. The summed E-state index contributed by atoms with van der Waals surface area (Å²) >= 11 is 0. The van der Waals surface area contributed by atoms with E-state index in [1.54, 1.807) is 0 Å². The fourth-order valence-corrected chi connectivity index (χ4v) is 5.20. The summed E-state index contributed by atoms with van der Waals surface area (Å²) in [5.41, 5.74) is 1.33. The lowest BCUT2D eigenvalue weighted by Crippen LogP contribution is -2.31. The van der Waals surface area contributed by atoms with Crippen molar-refractivity contribution in [3.8, 4) is 11.5 Å². The molecule has 1 aromatic carbocycles. The number of fused-ring (bicyclic) bond motifs is 2. The molecule has 4 aliphatic rings. The Morgan fingerprint density at radius 2 is 1.78 bits per heavy atom. The number of hydrogen-bond donors (Lipinski definition) is 0. The summed E-state index contributed by atoms with van der Waals surface area (Å²) in [4.78, 5) is 5.19. The van der Waals surface area contributed by atoms with E-state index in [0.29, 0.717) is 6.79 Å². The molecule has 5 heteroatoms. The third-order valence-electron chi connectivity index (χ3n) is 6.81. The Morgan fingerprint density at radius 1 is 0.963 bits per heavy atom. The van der Waals surface area contributed by atoms with Crippen LogP contribution in [-0.4, -0.2) is 62.5 Å². The molecule has 27 heavy (non-hydrogen) atoms. The first-order valence-electron chi connectivity index (χ1n) is 10.8. The van der Waals surface area contributed by atoms with Crippen molar-refractivity contribution < 1.29 is 14.2 Å². The highest BCUT2D eigenvalue weighted by Crippen LogP contribution is 2.52. The van der Waals surface area contributed by atoms with E-state index in [-0.39, 0.29) is 0 Å². The van der Waals surface area contributed by atoms with E-state index in [1.807, 2.05) is 6.07 Å². The highest BCUT2D eigenvalue weighted by Gasteiger charge is 2.55. The number of rotatable bonds is 8. The average molecular weight is 373 g/mol. The van der Waals surface area contributed by atoms with Crippen LogP contribution in [0, 0.1) is 17.8 Å². The van der Waals surface area contributed by atoms with E-state index in [9.17, 15) is 0 Å². The molecule has 3 heterocycles. The monoisotopic (exact) mass is 372 g/mol. The Labute approximate surface area is 162 Å². The minimum atomic E-state index is 0.354. The second kappa shape index (κ2) is 7.98. The number of nitrogens with zero attached hydrogens (tertiary/aromatic N) is 2. The van der Waals surface area contributed by atoms with Gasteiger partial charge in [0.1, 0.15) is 0 Å². The normalized spacial score (nSPS) is 29.9. The van der Waals surface area contributed by atoms with Crippen LogP contribution in [0.25, 0.3) is 0 Å². The molecule has 5 rings (SSSR count). The van der Waals surface area contributed by atoms with Crippen LogP contribution in [0.1, 0.15) is 31.2 Å². The lowest BCUT2D eigenvalue weighted by Gasteiger charge is -2.26. The first-order valence-corrected chi connectivity index (χ1v) is 10.8. The van der Waals surface area contributed by atoms with Crippen LogP contribution in [0.3, 0.4) is 0 Å². The fraction of sp³-hybridized carbons (Fsp3) is 0.727. The van der Waals surface area contributed by atoms with Gasteiger partial charge in [0.2, 0.25) is 6.79 Å². The van der Waals surface area contributed by atoms with Gasteiger partial charge >= 0.3 is 0 Å². The molecule has 3 aliphatic heterocycles. The van der Waals surface area contributed by atoms with Gasteiger partial charge in [-0.2, -0.15) is 0 Å². The van der Waals surface area contributed by atoms with Crippen molar-refractivity contribution in [2.45, 2.75) is 32.2 Å². The van der Waals surface area contributed by atoms with E-state index in [1.165, 1.54) is 64.0 Å². The number of benzene rings is 1. The van der Waals surface area contributed by atoms with E-state index in [2.05, 4.69) is 21.9 Å². The Bertz CT molecular complexity index is 634. The Hall–Kier alpha value is -1.30. The molecule has 0 spiro atoms. The summed E-state index contributed by atoms with van der Waals surface area (Å²) in [7, 11) is 0. The Morgan fingerprint density at radius 3 is 2.63 bits per heavy atom. The molecule has 0 bridgehead atoms. The van der Waals surface area contributed by atoms with Crippen molar-refractivity contribution in [1.82, 2.24) is 9.80 Å². The lowest BCUT2D eigenvalue weighted by molar-refractivity contribution is 0.0967. The SMILES string of the molecule is c1cc2c(cc1CN1CC3C(COCCCN4CCCCC4)C3C1)OCO2. The van der Waals surface area contributed by atoms with Crippen molar-refractivity contribution in [3.05, 3.63) is 23.8 Å². The zero-order valence-corrected chi connectivity index (χ0v) is 16.3. The second-order valence-corrected chi connectivity index (χ2v) is 8.70. The first kappa shape index (κ1) is 17.8. The van der Waals surface area contributed by atoms with Crippen molar-refractivity contribution in [2.24, 2.45) is 17.8 Å². The topological polar surface area (TPSA) is 34.2 Å². The van der Waals surface area contributed by atoms with Gasteiger partial charge in [-0.05, 0) is 67.8 Å². The highest BCUT2D eigenvalue weighted by molar-refractivity contribution is 5.44. The maximum atomic E-state index is 6.01. The number of likely N-dealkylation sites (tertiary alicyclic amines) is 2. The number of ether oxygens (including phenoxy) is 3. The third-order valence-corrected chi connectivity index (χ3v) is 6.81. The summed E-state index contributed by atoms with van der Waals surface area (Å²) in [6.07, 6.45) is 5.38. The largest absolute Gasteiger partial charge is 0.454 e. The lowest BCUT2D eigenvalue weighted by atomic mass is 10.1. The Balaban J connectivity index is 0.974. The smallest absolute Gasteiger partial charge is 0.231 e. The van der Waals surface area contributed by atoms with Crippen LogP contribution < -0.4 is 9.47 Å². The molecule has 0 N–H and O–H groups in total. The molecule has 148 valence electrons. The van der Waals surface area contributed by atoms with Crippen LogP contribution >= 0.6 is 0 Å². The first-order chi connectivity index (χ1) is 13.4. The fourth-order valence-electron chi connectivity index (χ4n) is 5.20. The molecule has 0 radical (unpaired) electrons. The van der Waals surface area contributed by atoms with Gasteiger partial charge in [-0.3, -0.25) is 4.90 Å². The minimum Gasteiger partial charge on any atom is -0.454 e. The predicted octanol–water partition coefficient (Wildman–Crippen LogP) is 2.99. The van der Waals surface area contributed by atoms with Gasteiger partial charge in [0.25, 0.3) is 0 Å². The van der Waals surface area contributed by atoms with Crippen molar-refractivity contribution in [1.29, 1.82) is 0 Å². The molecule has 2 saturated heterocycles. The van der Waals surface area contributed by atoms with E-state index in [0.717, 1.165) is 49.0 Å². The number of piperidine rings is 2. The average Bonchev–Trinajstić information content (AvgIpc) is 3.05. The quantitative estimate of drug-likeness (QED) is 0.656. The van der Waals surface area contributed by atoms with Gasteiger partial charge in [-0.25, -0.2) is 0 Å². The van der Waals surface area contributed by atoms with Crippen LogP contribution in [0.15, 0.2) is 18.2 Å². The maximum absolute atomic E-state index is 6.01. The molecule has 3 fully saturated rings.